The van der Waals surface area contributed by atoms with Crippen molar-refractivity contribution in [1.29, 1.82) is 0 Å². The molecule has 152 valence electrons. The molecule has 0 aliphatic carbocycles. The molecule has 4 rings (SSSR count). The molecule has 2 aromatic carbocycles. The van der Waals surface area contributed by atoms with Crippen LogP contribution >= 0.6 is 11.8 Å². The van der Waals surface area contributed by atoms with Gasteiger partial charge in [0.1, 0.15) is 5.75 Å². The number of carbonyl (C=O) groups is 1. The minimum Gasteiger partial charge on any atom is -0.493 e. The second-order valence-corrected chi connectivity index (χ2v) is 8.37. The summed E-state index contributed by atoms with van der Waals surface area (Å²) in [7, 11) is 0. The topological polar surface area (TPSA) is 82.5 Å². The third kappa shape index (κ3) is 4.46. The van der Waals surface area contributed by atoms with Crippen LogP contribution in [0, 0.1) is 5.92 Å². The van der Waals surface area contributed by atoms with Gasteiger partial charge in [-0.3, -0.25) is 4.79 Å². The summed E-state index contributed by atoms with van der Waals surface area (Å²) in [6, 6.07) is 17.7. The third-order valence-electron chi connectivity index (χ3n) is 4.40. The van der Waals surface area contributed by atoms with Crippen molar-refractivity contribution in [2.24, 2.45) is 16.6 Å². The monoisotopic (exact) mass is 418 g/mol. The van der Waals surface area contributed by atoms with E-state index in [0.717, 1.165) is 28.3 Å². The Hall–Kier alpha value is -3.32. The molecule has 0 saturated heterocycles. The molecular weight excluding hydrogens is 396 g/mol. The van der Waals surface area contributed by atoms with E-state index in [4.69, 9.17) is 15.6 Å². The minimum atomic E-state index is -0.326. The highest BCUT2D eigenvalue weighted by Gasteiger charge is 2.21. The van der Waals surface area contributed by atoms with Crippen molar-refractivity contribution in [2.45, 2.75) is 13.8 Å². The van der Waals surface area contributed by atoms with Crippen LogP contribution in [-0.4, -0.2) is 27.5 Å². The van der Waals surface area contributed by atoms with Crippen LogP contribution in [0.1, 0.15) is 19.4 Å². The van der Waals surface area contributed by atoms with E-state index in [1.165, 1.54) is 11.8 Å². The number of para-hydroxylation sites is 1. The van der Waals surface area contributed by atoms with Gasteiger partial charge in [0.25, 0.3) is 5.91 Å². The standard InChI is InChI=1S/C23H22N4O2S/c1-15(2)14-29-19-10-8-16(9-11-19)21-17(12-20-22(28)25-23(24)30-20)13-27(26-21)18-6-4-3-5-7-18/h3-13,15H,14H2,1-2H3,(H2,24,25,28)/b20-12-. The largest absolute Gasteiger partial charge is 0.493 e. The predicted octanol–water partition coefficient (Wildman–Crippen LogP) is 4.50. The van der Waals surface area contributed by atoms with Crippen molar-refractivity contribution in [3.63, 3.8) is 0 Å². The van der Waals surface area contributed by atoms with Gasteiger partial charge in [0.05, 0.1) is 22.9 Å². The highest BCUT2D eigenvalue weighted by atomic mass is 32.2. The Balaban J connectivity index is 1.71. The van der Waals surface area contributed by atoms with Gasteiger partial charge in [-0.25, -0.2) is 4.68 Å². The number of hydrogen-bond donors (Lipinski definition) is 1. The zero-order valence-electron chi connectivity index (χ0n) is 16.8. The Labute approximate surface area is 179 Å². The summed E-state index contributed by atoms with van der Waals surface area (Å²) < 4.78 is 7.59. The fourth-order valence-corrected chi connectivity index (χ4v) is 3.64. The number of amidine groups is 1. The summed E-state index contributed by atoms with van der Waals surface area (Å²) in [5.74, 6) is 0.950. The van der Waals surface area contributed by atoms with E-state index in [2.05, 4.69) is 18.8 Å². The van der Waals surface area contributed by atoms with Gasteiger partial charge < -0.3 is 10.5 Å². The maximum absolute atomic E-state index is 12.1. The van der Waals surface area contributed by atoms with Crippen molar-refractivity contribution < 1.29 is 9.53 Å². The van der Waals surface area contributed by atoms with Gasteiger partial charge in [-0.15, -0.1) is 0 Å². The van der Waals surface area contributed by atoms with Crippen molar-refractivity contribution in [2.75, 3.05) is 6.61 Å². The van der Waals surface area contributed by atoms with E-state index in [1.807, 2.05) is 60.8 Å². The summed E-state index contributed by atoms with van der Waals surface area (Å²) in [5.41, 5.74) is 9.14. The van der Waals surface area contributed by atoms with Gasteiger partial charge in [-0.05, 0) is 60.2 Å². The zero-order valence-corrected chi connectivity index (χ0v) is 17.6. The lowest BCUT2D eigenvalue weighted by molar-refractivity contribution is -0.113. The Morgan fingerprint density at radius 3 is 2.50 bits per heavy atom. The van der Waals surface area contributed by atoms with E-state index < -0.39 is 0 Å². The number of carbonyl (C=O) groups excluding carboxylic acids is 1. The third-order valence-corrected chi connectivity index (χ3v) is 5.21. The number of aliphatic imine (C=N–C) groups is 1. The molecule has 0 saturated carbocycles. The van der Waals surface area contributed by atoms with Crippen LogP contribution in [-0.2, 0) is 4.79 Å². The maximum Gasteiger partial charge on any atom is 0.286 e. The number of ether oxygens (including phenoxy) is 1. The number of aromatic nitrogens is 2. The van der Waals surface area contributed by atoms with Gasteiger partial charge >= 0.3 is 0 Å². The molecule has 0 unspecified atom stereocenters. The molecule has 0 atom stereocenters. The first-order chi connectivity index (χ1) is 14.5. The average molecular weight is 419 g/mol. The average Bonchev–Trinajstić information content (AvgIpc) is 3.30. The number of hydrogen-bond acceptors (Lipinski definition) is 5. The number of benzene rings is 2. The normalized spacial score (nSPS) is 15.1. The number of rotatable bonds is 6. The van der Waals surface area contributed by atoms with Crippen LogP contribution in [0.3, 0.4) is 0 Å². The van der Waals surface area contributed by atoms with E-state index >= 15 is 0 Å². The lowest BCUT2D eigenvalue weighted by atomic mass is 10.1. The summed E-state index contributed by atoms with van der Waals surface area (Å²) in [4.78, 5) is 16.4. The molecule has 1 amide bonds. The predicted molar refractivity (Wildman–Crippen MR) is 122 cm³/mol. The Kier molecular flexibility index (Phi) is 5.72. The summed E-state index contributed by atoms with van der Waals surface area (Å²) in [5, 5.41) is 5.04. The molecule has 6 nitrogen and oxygen atoms in total. The SMILES string of the molecule is CC(C)COc1ccc(-c2nn(-c3ccccc3)cc2/C=C2\SC(N)=NC2=O)cc1. The smallest absolute Gasteiger partial charge is 0.286 e. The molecule has 1 aliphatic rings. The Morgan fingerprint density at radius 2 is 1.87 bits per heavy atom. The molecule has 1 aliphatic heterocycles. The van der Waals surface area contributed by atoms with Crippen LogP contribution in [0.5, 0.6) is 5.75 Å². The first-order valence-electron chi connectivity index (χ1n) is 9.66. The summed E-state index contributed by atoms with van der Waals surface area (Å²) in [6.45, 7) is 4.90. The van der Waals surface area contributed by atoms with Crippen LogP contribution in [0.25, 0.3) is 23.0 Å². The van der Waals surface area contributed by atoms with Gasteiger partial charge in [0.2, 0.25) is 0 Å². The molecule has 0 fully saturated rings. The van der Waals surface area contributed by atoms with Crippen molar-refractivity contribution in [3.05, 3.63) is 71.3 Å². The van der Waals surface area contributed by atoms with Crippen LogP contribution in [0.4, 0.5) is 0 Å². The fraction of sp³-hybridized carbons (Fsp3) is 0.174. The molecule has 3 aromatic rings. The Morgan fingerprint density at radius 1 is 1.13 bits per heavy atom. The molecule has 30 heavy (non-hydrogen) atoms. The minimum absolute atomic E-state index is 0.259. The molecule has 2 heterocycles. The van der Waals surface area contributed by atoms with E-state index in [0.29, 0.717) is 17.4 Å². The zero-order chi connectivity index (χ0) is 21.1. The van der Waals surface area contributed by atoms with Crippen LogP contribution in [0.15, 0.2) is 70.7 Å². The van der Waals surface area contributed by atoms with Crippen molar-refractivity contribution in [3.8, 4) is 22.7 Å². The van der Waals surface area contributed by atoms with Gasteiger partial charge in [-0.1, -0.05) is 32.0 Å². The summed E-state index contributed by atoms with van der Waals surface area (Å²) >= 11 is 1.17. The lowest BCUT2D eigenvalue weighted by Gasteiger charge is -2.09. The van der Waals surface area contributed by atoms with Crippen molar-refractivity contribution >= 4 is 28.9 Å². The number of thioether (sulfide) groups is 1. The first-order valence-corrected chi connectivity index (χ1v) is 10.5. The second-order valence-electron chi connectivity index (χ2n) is 7.31. The molecule has 1 aromatic heterocycles. The molecular formula is C23H22N4O2S. The highest BCUT2D eigenvalue weighted by molar-refractivity contribution is 8.18. The quantitative estimate of drug-likeness (QED) is 0.596. The second kappa shape index (κ2) is 8.59. The molecule has 2 N–H and O–H groups in total. The van der Waals surface area contributed by atoms with E-state index in [9.17, 15) is 4.79 Å². The van der Waals surface area contributed by atoms with Crippen LogP contribution in [0.2, 0.25) is 0 Å². The lowest BCUT2D eigenvalue weighted by Crippen LogP contribution is -2.04. The fourth-order valence-electron chi connectivity index (χ4n) is 2.97. The number of nitrogens with zero attached hydrogens (tertiary/aromatic N) is 3. The van der Waals surface area contributed by atoms with Gasteiger partial charge in [0.15, 0.2) is 5.17 Å². The van der Waals surface area contributed by atoms with E-state index in [-0.39, 0.29) is 11.1 Å². The molecule has 7 heteroatoms. The first kappa shape index (κ1) is 20.0. The van der Waals surface area contributed by atoms with Crippen LogP contribution < -0.4 is 10.5 Å². The van der Waals surface area contributed by atoms with E-state index in [1.54, 1.807) is 10.8 Å². The highest BCUT2D eigenvalue weighted by Crippen LogP contribution is 2.31. The van der Waals surface area contributed by atoms with Gasteiger partial charge in [-0.2, -0.15) is 10.1 Å². The molecule has 0 bridgehead atoms. The summed E-state index contributed by atoms with van der Waals surface area (Å²) in [6.07, 6.45) is 3.70. The molecule has 0 radical (unpaired) electrons. The maximum atomic E-state index is 12.1. The number of amides is 1. The van der Waals surface area contributed by atoms with Gasteiger partial charge in [0, 0.05) is 17.3 Å². The molecule has 0 spiro atoms. The Bertz CT molecular complexity index is 1120. The van der Waals surface area contributed by atoms with Crippen molar-refractivity contribution in [1.82, 2.24) is 9.78 Å². The number of nitrogens with two attached hydrogens (primary N) is 1.